The molecule has 0 saturated carbocycles. The van der Waals surface area contributed by atoms with Crippen molar-refractivity contribution in [3.63, 3.8) is 0 Å². The third-order valence-corrected chi connectivity index (χ3v) is 2.95. The average Bonchev–Trinajstić information content (AvgIpc) is 2.69. The molecule has 5 heteroatoms. The lowest BCUT2D eigenvalue weighted by Crippen LogP contribution is -2.22. The number of imide groups is 1. The summed E-state index contributed by atoms with van der Waals surface area (Å²) in [5.41, 5.74) is 3.48. The number of hydrogen-bond donors (Lipinski definition) is 2. The number of aryl methyl sites for hydroxylation is 1. The standard InChI is InChI=1S/C12H15N3O2/c1-4-15-7(2)5-9(8(15)3)6-10-11(16)14-12(17)13-10/h5-6H,4H2,1-3H3,(H2,13,14,16,17)/b10-6+. The third-order valence-electron chi connectivity index (χ3n) is 2.95. The van der Waals surface area contributed by atoms with Crippen molar-refractivity contribution in [3.05, 3.63) is 28.7 Å². The van der Waals surface area contributed by atoms with E-state index >= 15 is 0 Å². The van der Waals surface area contributed by atoms with Crippen LogP contribution in [0, 0.1) is 13.8 Å². The molecule has 0 spiro atoms. The number of nitrogens with zero attached hydrogens (tertiary/aromatic N) is 1. The Hall–Kier alpha value is -2.04. The van der Waals surface area contributed by atoms with Crippen molar-refractivity contribution < 1.29 is 9.59 Å². The van der Waals surface area contributed by atoms with Crippen molar-refractivity contribution in [2.24, 2.45) is 0 Å². The van der Waals surface area contributed by atoms with Crippen molar-refractivity contribution >= 4 is 18.0 Å². The molecule has 1 aromatic heterocycles. The highest BCUT2D eigenvalue weighted by molar-refractivity contribution is 6.14. The van der Waals surface area contributed by atoms with Gasteiger partial charge in [0.1, 0.15) is 5.70 Å². The molecule has 1 saturated heterocycles. The van der Waals surface area contributed by atoms with Gasteiger partial charge in [0.15, 0.2) is 0 Å². The van der Waals surface area contributed by atoms with Gasteiger partial charge < -0.3 is 9.88 Å². The molecule has 0 atom stereocenters. The van der Waals surface area contributed by atoms with Gasteiger partial charge in [-0.2, -0.15) is 0 Å². The Balaban J connectivity index is 2.39. The molecule has 90 valence electrons. The zero-order valence-electron chi connectivity index (χ0n) is 10.1. The van der Waals surface area contributed by atoms with Crippen molar-refractivity contribution in [3.8, 4) is 0 Å². The van der Waals surface area contributed by atoms with Gasteiger partial charge >= 0.3 is 6.03 Å². The minimum absolute atomic E-state index is 0.298. The Labute approximate surface area is 99.5 Å². The van der Waals surface area contributed by atoms with E-state index in [1.165, 1.54) is 0 Å². The van der Waals surface area contributed by atoms with E-state index < -0.39 is 6.03 Å². The molecular weight excluding hydrogens is 218 g/mol. The van der Waals surface area contributed by atoms with Gasteiger partial charge in [0.25, 0.3) is 5.91 Å². The summed E-state index contributed by atoms with van der Waals surface area (Å²) < 4.78 is 2.15. The first-order valence-corrected chi connectivity index (χ1v) is 5.53. The maximum atomic E-state index is 11.4. The molecule has 1 aliphatic heterocycles. The van der Waals surface area contributed by atoms with Crippen LogP contribution in [0.3, 0.4) is 0 Å². The van der Waals surface area contributed by atoms with E-state index in [-0.39, 0.29) is 5.91 Å². The molecule has 3 amide bonds. The summed E-state index contributed by atoms with van der Waals surface area (Å²) in [5.74, 6) is -0.378. The number of hydrogen-bond acceptors (Lipinski definition) is 2. The monoisotopic (exact) mass is 233 g/mol. The first kappa shape index (κ1) is 11.4. The van der Waals surface area contributed by atoms with E-state index in [2.05, 4.69) is 22.1 Å². The Morgan fingerprint density at radius 2 is 2.00 bits per heavy atom. The second-order valence-corrected chi connectivity index (χ2v) is 4.04. The van der Waals surface area contributed by atoms with Gasteiger partial charge in [0, 0.05) is 17.9 Å². The first-order chi connectivity index (χ1) is 8.02. The van der Waals surface area contributed by atoms with Crippen LogP contribution in [0.25, 0.3) is 6.08 Å². The van der Waals surface area contributed by atoms with Crippen LogP contribution in [0.15, 0.2) is 11.8 Å². The van der Waals surface area contributed by atoms with Gasteiger partial charge in [-0.1, -0.05) is 0 Å². The number of carbonyl (C=O) groups excluding carboxylic acids is 2. The van der Waals surface area contributed by atoms with E-state index in [4.69, 9.17) is 0 Å². The molecule has 0 unspecified atom stereocenters. The Morgan fingerprint density at radius 3 is 2.47 bits per heavy atom. The zero-order chi connectivity index (χ0) is 12.6. The molecule has 1 aromatic rings. The smallest absolute Gasteiger partial charge is 0.326 e. The van der Waals surface area contributed by atoms with Crippen LogP contribution in [-0.4, -0.2) is 16.5 Å². The molecular formula is C12H15N3O2. The van der Waals surface area contributed by atoms with Crippen LogP contribution in [0.4, 0.5) is 4.79 Å². The number of amides is 3. The normalized spacial score (nSPS) is 17.5. The second kappa shape index (κ2) is 4.08. The first-order valence-electron chi connectivity index (χ1n) is 5.53. The van der Waals surface area contributed by atoms with Gasteiger partial charge in [0.05, 0.1) is 0 Å². The highest BCUT2D eigenvalue weighted by atomic mass is 16.2. The van der Waals surface area contributed by atoms with Gasteiger partial charge in [-0.15, -0.1) is 0 Å². The fourth-order valence-electron chi connectivity index (χ4n) is 2.10. The summed E-state index contributed by atoms with van der Waals surface area (Å²) in [6.45, 7) is 6.98. The quantitative estimate of drug-likeness (QED) is 0.597. The molecule has 2 rings (SSSR count). The van der Waals surface area contributed by atoms with Gasteiger partial charge in [-0.05, 0) is 38.5 Å². The van der Waals surface area contributed by atoms with E-state index in [0.717, 1.165) is 23.5 Å². The van der Waals surface area contributed by atoms with Crippen LogP contribution in [-0.2, 0) is 11.3 Å². The van der Waals surface area contributed by atoms with Crippen LogP contribution < -0.4 is 10.6 Å². The average molecular weight is 233 g/mol. The summed E-state index contributed by atoms with van der Waals surface area (Å²) in [7, 11) is 0. The fourth-order valence-corrected chi connectivity index (χ4v) is 2.10. The molecule has 0 bridgehead atoms. The number of nitrogens with one attached hydrogen (secondary N) is 2. The molecule has 1 fully saturated rings. The predicted octanol–water partition coefficient (Wildman–Crippen LogP) is 1.31. The summed E-state index contributed by atoms with van der Waals surface area (Å²) in [4.78, 5) is 22.4. The predicted molar refractivity (Wildman–Crippen MR) is 64.2 cm³/mol. The number of aromatic nitrogens is 1. The van der Waals surface area contributed by atoms with E-state index in [9.17, 15) is 9.59 Å². The summed E-state index contributed by atoms with van der Waals surface area (Å²) in [6, 6.07) is 1.54. The molecule has 0 aromatic carbocycles. The van der Waals surface area contributed by atoms with Crippen molar-refractivity contribution in [2.75, 3.05) is 0 Å². The highest BCUT2D eigenvalue weighted by Crippen LogP contribution is 2.18. The molecule has 2 heterocycles. The summed E-state index contributed by atoms with van der Waals surface area (Å²) >= 11 is 0. The fraction of sp³-hybridized carbons (Fsp3) is 0.333. The summed E-state index contributed by atoms with van der Waals surface area (Å²) in [5, 5.41) is 4.66. The van der Waals surface area contributed by atoms with Crippen LogP contribution >= 0.6 is 0 Å². The van der Waals surface area contributed by atoms with E-state index in [1.54, 1.807) is 6.08 Å². The van der Waals surface area contributed by atoms with Crippen molar-refractivity contribution in [2.45, 2.75) is 27.3 Å². The van der Waals surface area contributed by atoms with E-state index in [1.807, 2.05) is 19.9 Å². The maximum Gasteiger partial charge on any atom is 0.326 e. The SMILES string of the molecule is CCn1c(C)cc(/C=C2/NC(=O)NC2=O)c1C. The van der Waals surface area contributed by atoms with Gasteiger partial charge in [-0.3, -0.25) is 10.1 Å². The third kappa shape index (κ3) is 1.95. The Kier molecular flexibility index (Phi) is 2.75. The molecule has 17 heavy (non-hydrogen) atoms. The molecule has 0 aliphatic carbocycles. The largest absolute Gasteiger partial charge is 0.349 e. The number of carbonyl (C=O) groups is 2. The number of rotatable bonds is 2. The topological polar surface area (TPSA) is 63.1 Å². The Morgan fingerprint density at radius 1 is 1.29 bits per heavy atom. The second-order valence-electron chi connectivity index (χ2n) is 4.04. The summed E-state index contributed by atoms with van der Waals surface area (Å²) in [6.07, 6.45) is 1.70. The molecule has 5 nitrogen and oxygen atoms in total. The lowest BCUT2D eigenvalue weighted by molar-refractivity contribution is -0.115. The highest BCUT2D eigenvalue weighted by Gasteiger charge is 2.23. The molecule has 1 aliphatic rings. The van der Waals surface area contributed by atoms with Crippen LogP contribution in [0.2, 0.25) is 0 Å². The Bertz CT molecular complexity index is 526. The van der Waals surface area contributed by atoms with Crippen LogP contribution in [0.1, 0.15) is 23.9 Å². The molecule has 2 N–H and O–H groups in total. The maximum absolute atomic E-state index is 11.4. The van der Waals surface area contributed by atoms with Crippen LogP contribution in [0.5, 0.6) is 0 Å². The minimum atomic E-state index is -0.467. The minimum Gasteiger partial charge on any atom is -0.349 e. The van der Waals surface area contributed by atoms with Crippen molar-refractivity contribution in [1.29, 1.82) is 0 Å². The lowest BCUT2D eigenvalue weighted by Gasteiger charge is -2.04. The van der Waals surface area contributed by atoms with Gasteiger partial charge in [-0.25, -0.2) is 4.79 Å². The van der Waals surface area contributed by atoms with E-state index in [0.29, 0.717) is 5.70 Å². The lowest BCUT2D eigenvalue weighted by atomic mass is 10.2. The van der Waals surface area contributed by atoms with Crippen molar-refractivity contribution in [1.82, 2.24) is 15.2 Å². The molecule has 0 radical (unpaired) electrons. The van der Waals surface area contributed by atoms with Gasteiger partial charge in [0.2, 0.25) is 0 Å². The zero-order valence-corrected chi connectivity index (χ0v) is 10.1. The number of urea groups is 1.